The van der Waals surface area contributed by atoms with Crippen LogP contribution in [-0.2, 0) is 19.4 Å². The van der Waals surface area contributed by atoms with Crippen molar-refractivity contribution in [1.82, 2.24) is 9.88 Å². The van der Waals surface area contributed by atoms with E-state index in [0.29, 0.717) is 31.0 Å². The third kappa shape index (κ3) is 4.15. The molecule has 1 aliphatic heterocycles. The lowest BCUT2D eigenvalue weighted by Crippen LogP contribution is -2.32. The molecule has 3 rings (SSSR count). The average molecular weight is 354 g/mol. The Labute approximate surface area is 154 Å². The van der Waals surface area contributed by atoms with Crippen LogP contribution in [0.5, 0.6) is 5.75 Å². The minimum absolute atomic E-state index is 0.0776. The fraction of sp³-hybridized carbons (Fsp3) is 0.429. The second kappa shape index (κ2) is 8.70. The molecule has 0 atom stereocenters. The fourth-order valence-corrected chi connectivity index (χ4v) is 3.48. The first-order valence-electron chi connectivity index (χ1n) is 9.42. The van der Waals surface area contributed by atoms with E-state index in [1.54, 1.807) is 4.57 Å². The Balaban J connectivity index is 1.84. The Morgan fingerprint density at radius 2 is 2.00 bits per heavy atom. The monoisotopic (exact) mass is 354 g/mol. The van der Waals surface area contributed by atoms with Crippen molar-refractivity contribution >= 4 is 5.91 Å². The molecule has 0 radical (unpaired) electrons. The summed E-state index contributed by atoms with van der Waals surface area (Å²) in [5.74, 6) is 0.248. The van der Waals surface area contributed by atoms with Crippen LogP contribution in [0.25, 0.3) is 0 Å². The molecule has 1 aromatic carbocycles. The molecule has 1 aromatic heterocycles. The molecular formula is C21H26N2O3. The second-order valence-corrected chi connectivity index (χ2v) is 6.56. The van der Waals surface area contributed by atoms with Crippen LogP contribution >= 0.6 is 0 Å². The van der Waals surface area contributed by atoms with Crippen molar-refractivity contribution in [1.29, 1.82) is 0 Å². The van der Waals surface area contributed by atoms with Crippen molar-refractivity contribution in [3.05, 3.63) is 63.6 Å². The van der Waals surface area contributed by atoms with E-state index in [1.165, 1.54) is 11.6 Å². The number of pyridine rings is 1. The molecule has 26 heavy (non-hydrogen) atoms. The number of carbonyl (C=O) groups is 1. The first kappa shape index (κ1) is 18.2. The van der Waals surface area contributed by atoms with Crippen molar-refractivity contribution in [3.63, 3.8) is 0 Å². The van der Waals surface area contributed by atoms with Crippen molar-refractivity contribution in [2.45, 2.75) is 45.6 Å². The summed E-state index contributed by atoms with van der Waals surface area (Å²) in [6, 6.07) is 11.5. The molecule has 1 amide bonds. The molecule has 0 aliphatic carbocycles. The summed E-state index contributed by atoms with van der Waals surface area (Å²) in [6.45, 7) is 3.51. The van der Waals surface area contributed by atoms with Gasteiger partial charge in [0.15, 0.2) is 0 Å². The summed E-state index contributed by atoms with van der Waals surface area (Å²) in [7, 11) is 0. The summed E-state index contributed by atoms with van der Waals surface area (Å²) >= 11 is 0. The van der Waals surface area contributed by atoms with Gasteiger partial charge in [0.2, 0.25) is 0 Å². The molecule has 0 bridgehead atoms. The lowest BCUT2D eigenvalue weighted by Gasteiger charge is -2.18. The lowest BCUT2D eigenvalue weighted by atomic mass is 10.1. The number of benzene rings is 1. The highest BCUT2D eigenvalue weighted by Crippen LogP contribution is 2.25. The third-order valence-electron chi connectivity index (χ3n) is 4.75. The molecule has 5 nitrogen and oxygen atoms in total. The van der Waals surface area contributed by atoms with Gasteiger partial charge in [0.1, 0.15) is 11.3 Å². The number of fused-ring (bicyclic) bond motifs is 1. The van der Waals surface area contributed by atoms with E-state index < -0.39 is 0 Å². The lowest BCUT2D eigenvalue weighted by molar-refractivity contribution is 0.0948. The molecule has 0 fully saturated rings. The number of rotatable bonds is 6. The first-order chi connectivity index (χ1) is 12.7. The maximum atomic E-state index is 12.9. The Bertz CT molecular complexity index is 812. The fourth-order valence-electron chi connectivity index (χ4n) is 3.48. The largest absolute Gasteiger partial charge is 0.493 e. The summed E-state index contributed by atoms with van der Waals surface area (Å²) in [4.78, 5) is 25.4. The molecule has 0 unspecified atom stereocenters. The van der Waals surface area contributed by atoms with Gasteiger partial charge < -0.3 is 14.6 Å². The SMILES string of the molecule is CCOc1cc(=O)n2c(c1C(=O)NCCc1ccccc1)CCCCC2. The molecule has 1 aliphatic rings. The highest BCUT2D eigenvalue weighted by Gasteiger charge is 2.23. The number of hydrogen-bond donors (Lipinski definition) is 1. The molecular weight excluding hydrogens is 328 g/mol. The molecule has 2 aromatic rings. The molecule has 5 heteroatoms. The number of aromatic nitrogens is 1. The summed E-state index contributed by atoms with van der Waals surface area (Å²) in [5.41, 5.74) is 2.45. The van der Waals surface area contributed by atoms with Gasteiger partial charge in [0.05, 0.1) is 6.61 Å². The normalized spacial score (nSPS) is 13.6. The van der Waals surface area contributed by atoms with Gasteiger partial charge >= 0.3 is 0 Å². The predicted octanol–water partition coefficient (Wildman–Crippen LogP) is 2.95. The maximum Gasteiger partial charge on any atom is 0.256 e. The van der Waals surface area contributed by atoms with Gasteiger partial charge in [0.25, 0.3) is 11.5 Å². The number of ether oxygens (including phenoxy) is 1. The van der Waals surface area contributed by atoms with Gasteiger partial charge in [-0.1, -0.05) is 36.8 Å². The van der Waals surface area contributed by atoms with Gasteiger partial charge in [-0.3, -0.25) is 9.59 Å². The zero-order valence-corrected chi connectivity index (χ0v) is 15.3. The van der Waals surface area contributed by atoms with E-state index in [-0.39, 0.29) is 11.5 Å². The Hall–Kier alpha value is -2.56. The van der Waals surface area contributed by atoms with Gasteiger partial charge in [-0.25, -0.2) is 0 Å². The Morgan fingerprint density at radius 3 is 2.77 bits per heavy atom. The second-order valence-electron chi connectivity index (χ2n) is 6.56. The summed E-state index contributed by atoms with van der Waals surface area (Å²) in [5, 5.41) is 3.00. The molecule has 0 saturated carbocycles. The predicted molar refractivity (Wildman–Crippen MR) is 102 cm³/mol. The van der Waals surface area contributed by atoms with Crippen molar-refractivity contribution in [2.24, 2.45) is 0 Å². The number of amides is 1. The van der Waals surface area contributed by atoms with Crippen LogP contribution in [0.3, 0.4) is 0 Å². The van der Waals surface area contributed by atoms with Crippen LogP contribution in [0, 0.1) is 0 Å². The van der Waals surface area contributed by atoms with Crippen LogP contribution in [0.4, 0.5) is 0 Å². The maximum absolute atomic E-state index is 12.9. The van der Waals surface area contributed by atoms with E-state index in [0.717, 1.165) is 37.8 Å². The topological polar surface area (TPSA) is 60.3 Å². The van der Waals surface area contributed by atoms with E-state index in [4.69, 9.17) is 4.74 Å². The van der Waals surface area contributed by atoms with Crippen LogP contribution in [0.1, 0.15) is 47.8 Å². The zero-order valence-electron chi connectivity index (χ0n) is 15.3. The van der Waals surface area contributed by atoms with Gasteiger partial charge in [-0.05, 0) is 38.2 Å². The van der Waals surface area contributed by atoms with Crippen molar-refractivity contribution < 1.29 is 9.53 Å². The van der Waals surface area contributed by atoms with Crippen LogP contribution in [-0.4, -0.2) is 23.6 Å². The van der Waals surface area contributed by atoms with Crippen LogP contribution in [0.15, 0.2) is 41.2 Å². The average Bonchev–Trinajstić information content (AvgIpc) is 2.89. The molecule has 0 spiro atoms. The standard InChI is InChI=1S/C21H26N2O3/c1-2-26-18-15-19(24)23-14-8-4-7-11-17(23)20(18)21(25)22-13-12-16-9-5-3-6-10-16/h3,5-6,9-10,15H,2,4,7-8,11-14H2,1H3,(H,22,25). The van der Waals surface area contributed by atoms with Gasteiger partial charge in [-0.15, -0.1) is 0 Å². The minimum Gasteiger partial charge on any atom is -0.493 e. The first-order valence-corrected chi connectivity index (χ1v) is 9.42. The van der Waals surface area contributed by atoms with E-state index in [9.17, 15) is 9.59 Å². The number of nitrogens with one attached hydrogen (secondary N) is 1. The number of hydrogen-bond acceptors (Lipinski definition) is 3. The molecule has 0 saturated heterocycles. The Morgan fingerprint density at radius 1 is 1.19 bits per heavy atom. The van der Waals surface area contributed by atoms with Gasteiger partial charge in [-0.2, -0.15) is 0 Å². The zero-order chi connectivity index (χ0) is 18.4. The Kier molecular flexibility index (Phi) is 6.10. The van der Waals surface area contributed by atoms with E-state index >= 15 is 0 Å². The van der Waals surface area contributed by atoms with Crippen molar-refractivity contribution in [2.75, 3.05) is 13.2 Å². The molecule has 2 heterocycles. The van der Waals surface area contributed by atoms with E-state index in [1.807, 2.05) is 37.3 Å². The highest BCUT2D eigenvalue weighted by atomic mass is 16.5. The molecule has 138 valence electrons. The smallest absolute Gasteiger partial charge is 0.256 e. The van der Waals surface area contributed by atoms with Crippen molar-refractivity contribution in [3.8, 4) is 5.75 Å². The summed E-state index contributed by atoms with van der Waals surface area (Å²) in [6.07, 6.45) is 4.53. The highest BCUT2D eigenvalue weighted by molar-refractivity contribution is 5.98. The number of carbonyl (C=O) groups excluding carboxylic acids is 1. The van der Waals surface area contributed by atoms with E-state index in [2.05, 4.69) is 5.32 Å². The number of nitrogens with zero attached hydrogens (tertiary/aromatic N) is 1. The molecule has 1 N–H and O–H groups in total. The van der Waals surface area contributed by atoms with Crippen LogP contribution < -0.4 is 15.6 Å². The minimum atomic E-state index is -0.157. The summed E-state index contributed by atoms with van der Waals surface area (Å²) < 4.78 is 7.39. The third-order valence-corrected chi connectivity index (χ3v) is 4.75. The quantitative estimate of drug-likeness (QED) is 0.868. The van der Waals surface area contributed by atoms with Crippen LogP contribution in [0.2, 0.25) is 0 Å². The van der Waals surface area contributed by atoms with Gasteiger partial charge in [0, 0.05) is 24.8 Å².